The normalized spacial score (nSPS) is 10.8. The van der Waals surface area contributed by atoms with E-state index < -0.39 is 10.0 Å². The molecule has 2 aromatic carbocycles. The summed E-state index contributed by atoms with van der Waals surface area (Å²) in [5.74, 6) is 0.378. The summed E-state index contributed by atoms with van der Waals surface area (Å²) in [6.07, 6.45) is 3.23. The molecule has 0 heterocycles. The van der Waals surface area contributed by atoms with Crippen molar-refractivity contribution in [2.75, 3.05) is 24.4 Å². The summed E-state index contributed by atoms with van der Waals surface area (Å²) < 4.78 is 33.5. The Morgan fingerprint density at radius 1 is 1.10 bits per heavy atom. The molecule has 6 nitrogen and oxygen atoms in total. The van der Waals surface area contributed by atoms with Gasteiger partial charge in [0.2, 0.25) is 0 Å². The van der Waals surface area contributed by atoms with Crippen molar-refractivity contribution >= 4 is 21.6 Å². The van der Waals surface area contributed by atoms with Crippen LogP contribution in [-0.2, 0) is 10.0 Å². The molecule has 7 heteroatoms. The van der Waals surface area contributed by atoms with Crippen molar-refractivity contribution in [2.45, 2.75) is 18.7 Å². The second-order valence-electron chi connectivity index (χ2n) is 6.33. The number of sulfonamides is 1. The molecule has 2 rings (SSSR count). The molecular formula is C22H26N2O4S. The van der Waals surface area contributed by atoms with Crippen LogP contribution in [0.25, 0.3) is 0 Å². The van der Waals surface area contributed by atoms with E-state index in [0.717, 1.165) is 0 Å². The van der Waals surface area contributed by atoms with Crippen LogP contribution in [-0.4, -0.2) is 38.9 Å². The van der Waals surface area contributed by atoms with Crippen molar-refractivity contribution in [3.05, 3.63) is 78.9 Å². The number of amides is 1. The summed E-state index contributed by atoms with van der Waals surface area (Å²) in [6, 6.07) is 11.1. The zero-order valence-corrected chi connectivity index (χ0v) is 17.5. The standard InChI is InChI=1S/C22H26N2O4S/c1-5-14-24(15-6-2)22(25)21-16-20(13-8-17(21)4)29(26,27)23-18-9-11-19(12-10-18)28-7-3/h5-6,8-13,16,23H,1-2,7,14-15H2,3-4H3. The molecule has 0 aromatic heterocycles. The number of benzene rings is 2. The fourth-order valence-electron chi connectivity index (χ4n) is 2.72. The molecule has 0 atom stereocenters. The number of rotatable bonds is 10. The number of ether oxygens (including phenoxy) is 1. The second kappa shape index (κ2) is 9.93. The van der Waals surface area contributed by atoms with Gasteiger partial charge in [-0.1, -0.05) is 18.2 Å². The van der Waals surface area contributed by atoms with Gasteiger partial charge in [0.1, 0.15) is 5.75 Å². The molecule has 0 aliphatic heterocycles. The van der Waals surface area contributed by atoms with Crippen LogP contribution in [0.4, 0.5) is 5.69 Å². The van der Waals surface area contributed by atoms with Gasteiger partial charge < -0.3 is 9.64 Å². The summed E-state index contributed by atoms with van der Waals surface area (Å²) in [4.78, 5) is 14.4. The number of carbonyl (C=O) groups excluding carboxylic acids is 1. The highest BCUT2D eigenvalue weighted by atomic mass is 32.2. The van der Waals surface area contributed by atoms with Crippen LogP contribution in [0.2, 0.25) is 0 Å². The smallest absolute Gasteiger partial charge is 0.261 e. The number of nitrogens with one attached hydrogen (secondary N) is 1. The maximum Gasteiger partial charge on any atom is 0.261 e. The Morgan fingerprint density at radius 2 is 1.72 bits per heavy atom. The number of aryl methyl sites for hydroxylation is 1. The minimum Gasteiger partial charge on any atom is -0.494 e. The van der Waals surface area contributed by atoms with E-state index in [4.69, 9.17) is 4.74 Å². The average molecular weight is 415 g/mol. The van der Waals surface area contributed by atoms with E-state index in [2.05, 4.69) is 17.9 Å². The first-order chi connectivity index (χ1) is 13.8. The topological polar surface area (TPSA) is 75.7 Å². The Morgan fingerprint density at radius 3 is 2.28 bits per heavy atom. The first-order valence-electron chi connectivity index (χ1n) is 9.19. The molecule has 0 unspecified atom stereocenters. The fraction of sp³-hybridized carbons (Fsp3) is 0.227. The zero-order valence-electron chi connectivity index (χ0n) is 16.7. The monoisotopic (exact) mass is 414 g/mol. The lowest BCUT2D eigenvalue weighted by Crippen LogP contribution is -2.32. The molecule has 154 valence electrons. The van der Waals surface area contributed by atoms with E-state index in [1.54, 1.807) is 54.3 Å². The number of hydrogen-bond acceptors (Lipinski definition) is 4. The third-order valence-corrected chi connectivity index (χ3v) is 5.53. The van der Waals surface area contributed by atoms with E-state index in [1.165, 1.54) is 12.1 Å². The molecule has 0 spiro atoms. The Kier molecular flexibility index (Phi) is 7.61. The number of carbonyl (C=O) groups is 1. The third kappa shape index (κ3) is 5.71. The lowest BCUT2D eigenvalue weighted by atomic mass is 10.1. The Labute approximate surface area is 172 Å². The van der Waals surface area contributed by atoms with E-state index in [-0.39, 0.29) is 10.8 Å². The van der Waals surface area contributed by atoms with Crippen LogP contribution in [0.15, 0.2) is 72.7 Å². The molecule has 0 saturated heterocycles. The van der Waals surface area contributed by atoms with Gasteiger partial charge in [-0.15, -0.1) is 13.2 Å². The van der Waals surface area contributed by atoms with Gasteiger partial charge in [0.15, 0.2) is 0 Å². The predicted octanol–water partition coefficient (Wildman–Crippen LogP) is 4.01. The molecule has 1 N–H and O–H groups in total. The quantitative estimate of drug-likeness (QED) is 0.596. The van der Waals surface area contributed by atoms with Gasteiger partial charge in [0.25, 0.3) is 15.9 Å². The van der Waals surface area contributed by atoms with Gasteiger partial charge in [-0.3, -0.25) is 9.52 Å². The molecule has 2 aromatic rings. The van der Waals surface area contributed by atoms with Crippen molar-refractivity contribution < 1.29 is 17.9 Å². The molecule has 1 amide bonds. The van der Waals surface area contributed by atoms with Crippen LogP contribution in [0.3, 0.4) is 0 Å². The van der Waals surface area contributed by atoms with Crippen LogP contribution in [0.1, 0.15) is 22.8 Å². The van der Waals surface area contributed by atoms with Crippen molar-refractivity contribution in [3.8, 4) is 5.75 Å². The first kappa shape index (κ1) is 22.2. The number of nitrogens with zero attached hydrogens (tertiary/aromatic N) is 1. The molecule has 0 bridgehead atoms. The van der Waals surface area contributed by atoms with Crippen LogP contribution in [0.5, 0.6) is 5.75 Å². The first-order valence-corrected chi connectivity index (χ1v) is 10.7. The Bertz CT molecular complexity index is 972. The minimum absolute atomic E-state index is 0.0116. The Hall–Kier alpha value is -3.06. The van der Waals surface area contributed by atoms with E-state index in [0.29, 0.717) is 42.3 Å². The van der Waals surface area contributed by atoms with E-state index in [1.807, 2.05) is 6.92 Å². The largest absolute Gasteiger partial charge is 0.494 e. The van der Waals surface area contributed by atoms with Crippen molar-refractivity contribution in [1.82, 2.24) is 4.90 Å². The van der Waals surface area contributed by atoms with Crippen molar-refractivity contribution in [2.24, 2.45) is 0 Å². The molecule has 0 aliphatic carbocycles. The lowest BCUT2D eigenvalue weighted by molar-refractivity contribution is 0.0790. The molecule has 0 aliphatic rings. The summed E-state index contributed by atoms with van der Waals surface area (Å²) in [7, 11) is -3.86. The number of hydrogen-bond donors (Lipinski definition) is 1. The molecule has 0 saturated carbocycles. The van der Waals surface area contributed by atoms with Gasteiger partial charge >= 0.3 is 0 Å². The van der Waals surface area contributed by atoms with Gasteiger partial charge in [-0.25, -0.2) is 8.42 Å². The predicted molar refractivity (Wildman–Crippen MR) is 116 cm³/mol. The molecule has 29 heavy (non-hydrogen) atoms. The highest BCUT2D eigenvalue weighted by Gasteiger charge is 2.21. The fourth-order valence-corrected chi connectivity index (χ4v) is 3.81. The maximum atomic E-state index is 12.9. The molecular weight excluding hydrogens is 388 g/mol. The van der Waals surface area contributed by atoms with E-state index >= 15 is 0 Å². The van der Waals surface area contributed by atoms with Gasteiger partial charge in [-0.05, 0) is 55.8 Å². The zero-order chi connectivity index (χ0) is 21.4. The summed E-state index contributed by atoms with van der Waals surface area (Å²) in [5, 5.41) is 0. The van der Waals surface area contributed by atoms with Crippen LogP contribution < -0.4 is 9.46 Å². The maximum absolute atomic E-state index is 12.9. The van der Waals surface area contributed by atoms with Gasteiger partial charge in [0, 0.05) is 24.3 Å². The SMILES string of the molecule is C=CCN(CC=C)C(=O)c1cc(S(=O)(=O)Nc2ccc(OCC)cc2)ccc1C. The van der Waals surface area contributed by atoms with Crippen LogP contribution in [0, 0.1) is 6.92 Å². The van der Waals surface area contributed by atoms with Crippen molar-refractivity contribution in [1.29, 1.82) is 0 Å². The van der Waals surface area contributed by atoms with Crippen LogP contribution >= 0.6 is 0 Å². The second-order valence-corrected chi connectivity index (χ2v) is 8.01. The highest BCUT2D eigenvalue weighted by Crippen LogP contribution is 2.22. The number of anilines is 1. The highest BCUT2D eigenvalue weighted by molar-refractivity contribution is 7.92. The lowest BCUT2D eigenvalue weighted by Gasteiger charge is -2.21. The molecule has 0 fully saturated rings. The average Bonchev–Trinajstić information content (AvgIpc) is 2.69. The summed E-state index contributed by atoms with van der Waals surface area (Å²) >= 11 is 0. The third-order valence-electron chi connectivity index (χ3n) is 4.15. The van der Waals surface area contributed by atoms with E-state index in [9.17, 15) is 13.2 Å². The van der Waals surface area contributed by atoms with Gasteiger partial charge in [-0.2, -0.15) is 0 Å². The van der Waals surface area contributed by atoms with Gasteiger partial charge in [0.05, 0.1) is 11.5 Å². The minimum atomic E-state index is -3.86. The summed E-state index contributed by atoms with van der Waals surface area (Å²) in [6.45, 7) is 12.2. The summed E-state index contributed by atoms with van der Waals surface area (Å²) in [5.41, 5.74) is 1.42. The molecule has 0 radical (unpaired) electrons. The Balaban J connectivity index is 2.31. The van der Waals surface area contributed by atoms with Crippen molar-refractivity contribution in [3.63, 3.8) is 0 Å².